The van der Waals surface area contributed by atoms with Crippen LogP contribution in [0.4, 0.5) is 0 Å². The minimum atomic E-state index is 0.261. The molecule has 0 aromatic heterocycles. The van der Waals surface area contributed by atoms with Gasteiger partial charge in [-0.05, 0) is 81.3 Å². The highest BCUT2D eigenvalue weighted by molar-refractivity contribution is 14.1. The second kappa shape index (κ2) is 5.98. The first-order valence-electron chi connectivity index (χ1n) is 9.25. The summed E-state index contributed by atoms with van der Waals surface area (Å²) in [6, 6.07) is 24.8. The van der Waals surface area contributed by atoms with E-state index in [2.05, 4.69) is 89.3 Å². The fourth-order valence-electron chi connectivity index (χ4n) is 5.14. The zero-order valence-corrected chi connectivity index (χ0v) is 16.4. The summed E-state index contributed by atoms with van der Waals surface area (Å²) >= 11 is 2.54. The molecule has 1 heteroatoms. The maximum absolute atomic E-state index is 2.54. The van der Waals surface area contributed by atoms with Crippen molar-refractivity contribution in [2.45, 2.75) is 37.5 Å². The molecule has 0 atom stereocenters. The Morgan fingerprint density at radius 3 is 2.32 bits per heavy atom. The molecule has 0 bridgehead atoms. The second-order valence-electron chi connectivity index (χ2n) is 7.45. The molecule has 3 aromatic carbocycles. The van der Waals surface area contributed by atoms with E-state index in [1.165, 1.54) is 51.5 Å². The van der Waals surface area contributed by atoms with E-state index in [0.717, 1.165) is 6.42 Å². The first-order valence-corrected chi connectivity index (χ1v) is 10.3. The first-order chi connectivity index (χ1) is 12.3. The van der Waals surface area contributed by atoms with Crippen LogP contribution in [0.25, 0.3) is 11.1 Å². The molecule has 0 aliphatic heterocycles. The minimum Gasteiger partial charge on any atom is -0.0622 e. The topological polar surface area (TPSA) is 0 Å². The molecule has 25 heavy (non-hydrogen) atoms. The summed E-state index contributed by atoms with van der Waals surface area (Å²) in [6.45, 7) is 0. The van der Waals surface area contributed by atoms with Crippen LogP contribution in [0.3, 0.4) is 0 Å². The monoisotopic (exact) mass is 436 g/mol. The lowest BCUT2D eigenvalue weighted by Crippen LogP contribution is -2.22. The summed E-state index contributed by atoms with van der Waals surface area (Å²) in [4.78, 5) is 0. The first kappa shape index (κ1) is 15.6. The number of hydrogen-bond donors (Lipinski definition) is 0. The van der Waals surface area contributed by atoms with E-state index in [-0.39, 0.29) is 5.41 Å². The van der Waals surface area contributed by atoms with Gasteiger partial charge in [0, 0.05) is 8.99 Å². The Labute approximate surface area is 163 Å². The molecular formula is C24H21I. The molecule has 0 nitrogen and oxygen atoms in total. The van der Waals surface area contributed by atoms with Crippen molar-refractivity contribution in [3.63, 3.8) is 0 Å². The normalized spacial score (nSPS) is 16.8. The maximum Gasteiger partial charge on any atom is 0.0218 e. The SMILES string of the molecule is Ic1ccc(Cc2ccccc2)c2c1-c1ccccc1C21CCCC1. The van der Waals surface area contributed by atoms with Crippen LogP contribution < -0.4 is 0 Å². The van der Waals surface area contributed by atoms with E-state index in [9.17, 15) is 0 Å². The van der Waals surface area contributed by atoms with Crippen LogP contribution in [0, 0.1) is 3.57 Å². The van der Waals surface area contributed by atoms with Crippen molar-refractivity contribution in [1.29, 1.82) is 0 Å². The van der Waals surface area contributed by atoms with Crippen molar-refractivity contribution >= 4 is 22.6 Å². The summed E-state index contributed by atoms with van der Waals surface area (Å²) in [5.74, 6) is 0. The van der Waals surface area contributed by atoms with Crippen molar-refractivity contribution in [2.75, 3.05) is 0 Å². The van der Waals surface area contributed by atoms with Gasteiger partial charge in [-0.1, -0.05) is 73.5 Å². The van der Waals surface area contributed by atoms with Crippen LogP contribution in [-0.4, -0.2) is 0 Å². The zero-order chi connectivity index (χ0) is 16.9. The molecule has 0 radical (unpaired) electrons. The molecule has 0 saturated heterocycles. The molecule has 124 valence electrons. The highest BCUT2D eigenvalue weighted by Gasteiger charge is 2.46. The summed E-state index contributed by atoms with van der Waals surface area (Å²) in [5.41, 5.74) is 9.43. The van der Waals surface area contributed by atoms with Crippen LogP contribution in [0.5, 0.6) is 0 Å². The van der Waals surface area contributed by atoms with Gasteiger partial charge in [0.1, 0.15) is 0 Å². The molecule has 0 N–H and O–H groups in total. The Kier molecular flexibility index (Phi) is 3.74. The lowest BCUT2D eigenvalue weighted by Gasteiger charge is -2.29. The standard InChI is InChI=1S/C24H21I/c25-21-13-12-18(16-17-8-2-1-3-9-17)23-22(21)19-10-4-5-11-20(19)24(23)14-6-7-15-24/h1-5,8-13H,6-7,14-16H2. The lowest BCUT2D eigenvalue weighted by atomic mass is 9.74. The van der Waals surface area contributed by atoms with Gasteiger partial charge in [0.05, 0.1) is 0 Å². The highest BCUT2D eigenvalue weighted by Crippen LogP contribution is 2.58. The molecule has 2 aliphatic rings. The van der Waals surface area contributed by atoms with Crippen molar-refractivity contribution in [1.82, 2.24) is 0 Å². The minimum absolute atomic E-state index is 0.261. The van der Waals surface area contributed by atoms with Gasteiger partial charge >= 0.3 is 0 Å². The van der Waals surface area contributed by atoms with Crippen molar-refractivity contribution in [2.24, 2.45) is 0 Å². The third kappa shape index (κ3) is 2.32. The second-order valence-corrected chi connectivity index (χ2v) is 8.62. The smallest absolute Gasteiger partial charge is 0.0218 e. The number of hydrogen-bond acceptors (Lipinski definition) is 0. The number of rotatable bonds is 2. The molecule has 3 aromatic rings. The highest BCUT2D eigenvalue weighted by atomic mass is 127. The third-order valence-corrected chi connectivity index (χ3v) is 7.02. The molecule has 5 rings (SSSR count). The van der Waals surface area contributed by atoms with E-state index >= 15 is 0 Å². The van der Waals surface area contributed by atoms with Crippen molar-refractivity contribution in [3.8, 4) is 11.1 Å². The van der Waals surface area contributed by atoms with Gasteiger partial charge in [0.2, 0.25) is 0 Å². The predicted octanol–water partition coefficient (Wildman–Crippen LogP) is 6.72. The van der Waals surface area contributed by atoms with E-state index < -0.39 is 0 Å². The van der Waals surface area contributed by atoms with E-state index in [0.29, 0.717) is 0 Å². The maximum atomic E-state index is 2.54. The summed E-state index contributed by atoms with van der Waals surface area (Å²) < 4.78 is 1.40. The molecule has 1 fully saturated rings. The quantitative estimate of drug-likeness (QED) is 0.391. The predicted molar refractivity (Wildman–Crippen MR) is 113 cm³/mol. The molecule has 1 spiro atoms. The zero-order valence-electron chi connectivity index (χ0n) is 14.3. The molecule has 0 unspecified atom stereocenters. The molecular weight excluding hydrogens is 415 g/mol. The van der Waals surface area contributed by atoms with Gasteiger partial charge in [0.25, 0.3) is 0 Å². The lowest BCUT2D eigenvalue weighted by molar-refractivity contribution is 0.545. The average Bonchev–Trinajstić information content (AvgIpc) is 3.25. The molecule has 0 heterocycles. The van der Waals surface area contributed by atoms with Gasteiger partial charge in [-0.25, -0.2) is 0 Å². The Bertz CT molecular complexity index is 934. The van der Waals surface area contributed by atoms with Gasteiger partial charge in [-0.3, -0.25) is 0 Å². The van der Waals surface area contributed by atoms with Crippen molar-refractivity contribution < 1.29 is 0 Å². The van der Waals surface area contributed by atoms with E-state index in [1.54, 1.807) is 11.1 Å². The Balaban J connectivity index is 1.76. The molecule has 2 aliphatic carbocycles. The fraction of sp³-hybridized carbons (Fsp3) is 0.250. The average molecular weight is 436 g/mol. The van der Waals surface area contributed by atoms with Gasteiger partial charge in [0.15, 0.2) is 0 Å². The van der Waals surface area contributed by atoms with Gasteiger partial charge in [-0.15, -0.1) is 0 Å². The number of halogens is 1. The van der Waals surface area contributed by atoms with E-state index in [4.69, 9.17) is 0 Å². The largest absolute Gasteiger partial charge is 0.0622 e. The third-order valence-electron chi connectivity index (χ3n) is 6.13. The summed E-state index contributed by atoms with van der Waals surface area (Å²) in [7, 11) is 0. The Hall–Kier alpha value is -1.61. The Morgan fingerprint density at radius 1 is 0.800 bits per heavy atom. The molecule has 1 saturated carbocycles. The van der Waals surface area contributed by atoms with Crippen molar-refractivity contribution in [3.05, 3.63) is 92.6 Å². The fourth-order valence-corrected chi connectivity index (χ4v) is 5.88. The molecule has 0 amide bonds. The number of fused-ring (bicyclic) bond motifs is 5. The summed E-state index contributed by atoms with van der Waals surface area (Å²) in [5, 5.41) is 0. The van der Waals surface area contributed by atoms with Crippen LogP contribution in [0.1, 0.15) is 47.9 Å². The van der Waals surface area contributed by atoms with Crippen LogP contribution in [-0.2, 0) is 11.8 Å². The van der Waals surface area contributed by atoms with Gasteiger partial charge in [-0.2, -0.15) is 0 Å². The van der Waals surface area contributed by atoms with E-state index in [1.807, 2.05) is 0 Å². The van der Waals surface area contributed by atoms with Gasteiger partial charge < -0.3 is 0 Å². The number of benzene rings is 3. The van der Waals surface area contributed by atoms with Crippen LogP contribution in [0.2, 0.25) is 0 Å². The summed E-state index contributed by atoms with van der Waals surface area (Å²) in [6.07, 6.45) is 6.35. The van der Waals surface area contributed by atoms with Crippen LogP contribution >= 0.6 is 22.6 Å². The van der Waals surface area contributed by atoms with Crippen LogP contribution in [0.15, 0.2) is 66.7 Å². The Morgan fingerprint density at radius 2 is 1.52 bits per heavy atom.